The van der Waals surface area contributed by atoms with Crippen molar-refractivity contribution in [2.24, 2.45) is 5.73 Å². The Hall–Kier alpha value is -0.0900. The highest BCUT2D eigenvalue weighted by atomic mass is 32.2. The molecule has 0 radical (unpaired) electrons. The van der Waals surface area contributed by atoms with Gasteiger partial charge < -0.3 is 5.73 Å². The van der Waals surface area contributed by atoms with E-state index in [1.165, 1.54) is 0 Å². The quantitative estimate of drug-likeness (QED) is 0.543. The predicted molar refractivity (Wildman–Crippen MR) is 40.5 cm³/mol. The first-order valence-electron chi connectivity index (χ1n) is 3.36. The van der Waals surface area contributed by atoms with Gasteiger partial charge in [-0.3, -0.25) is 0 Å². The van der Waals surface area contributed by atoms with Crippen LogP contribution in [0.2, 0.25) is 0 Å². The third-order valence-corrected chi connectivity index (χ3v) is 5.07. The Balaban J connectivity index is 3.08. The number of nitrogens with two attached hydrogens (primary N) is 1. The lowest BCUT2D eigenvalue weighted by molar-refractivity contribution is 0.515. The molecule has 60 valence electrons. The first kappa shape index (κ1) is 8.01. The van der Waals surface area contributed by atoms with Crippen LogP contribution in [0.1, 0.15) is 20.3 Å². The van der Waals surface area contributed by atoms with Crippen LogP contribution in [0.3, 0.4) is 0 Å². The normalized spacial score (nSPS) is 36.1. The standard InChI is InChI=1S/C6H13NO2S/c1-6(2)5(7)3-4-10(6,8)9/h5H,3-4,7H2,1-2H3/t5-/m1/s1. The molecule has 0 saturated carbocycles. The molecule has 1 atom stereocenters. The zero-order valence-corrected chi connectivity index (χ0v) is 7.11. The minimum atomic E-state index is -2.90. The van der Waals surface area contributed by atoms with Crippen molar-refractivity contribution in [1.82, 2.24) is 0 Å². The minimum Gasteiger partial charge on any atom is -0.326 e. The minimum absolute atomic E-state index is 0.183. The molecule has 1 rings (SSSR count). The molecular weight excluding hydrogens is 150 g/mol. The van der Waals surface area contributed by atoms with Crippen molar-refractivity contribution >= 4 is 9.84 Å². The van der Waals surface area contributed by atoms with Gasteiger partial charge in [-0.1, -0.05) is 0 Å². The van der Waals surface area contributed by atoms with Gasteiger partial charge in [-0.15, -0.1) is 0 Å². The van der Waals surface area contributed by atoms with Gasteiger partial charge in [0.05, 0.1) is 10.5 Å². The van der Waals surface area contributed by atoms with Crippen LogP contribution >= 0.6 is 0 Å². The molecular formula is C6H13NO2S. The lowest BCUT2D eigenvalue weighted by atomic mass is 10.0. The summed E-state index contributed by atoms with van der Waals surface area (Å²) in [6, 6.07) is -0.183. The summed E-state index contributed by atoms with van der Waals surface area (Å²) < 4.78 is 21.7. The van der Waals surface area contributed by atoms with E-state index in [1.807, 2.05) is 0 Å². The molecule has 1 aliphatic heterocycles. The average Bonchev–Trinajstić information content (AvgIpc) is 1.94. The van der Waals surface area contributed by atoms with E-state index in [-0.39, 0.29) is 11.8 Å². The first-order valence-corrected chi connectivity index (χ1v) is 5.01. The third kappa shape index (κ3) is 0.864. The van der Waals surface area contributed by atoms with Gasteiger partial charge in [-0.25, -0.2) is 8.42 Å². The molecule has 0 bridgehead atoms. The number of rotatable bonds is 0. The molecule has 0 aromatic rings. The van der Waals surface area contributed by atoms with E-state index < -0.39 is 14.6 Å². The van der Waals surface area contributed by atoms with E-state index >= 15 is 0 Å². The zero-order chi connectivity index (χ0) is 7.99. The molecule has 0 aliphatic carbocycles. The topological polar surface area (TPSA) is 60.2 Å². The van der Waals surface area contributed by atoms with E-state index in [1.54, 1.807) is 13.8 Å². The van der Waals surface area contributed by atoms with Gasteiger partial charge in [0.1, 0.15) is 0 Å². The summed E-state index contributed by atoms with van der Waals surface area (Å²) in [5, 5.41) is 0. The van der Waals surface area contributed by atoms with Crippen molar-refractivity contribution in [3.05, 3.63) is 0 Å². The Bertz CT molecular complexity index is 230. The second-order valence-electron chi connectivity index (χ2n) is 3.32. The second kappa shape index (κ2) is 1.95. The fourth-order valence-electron chi connectivity index (χ4n) is 1.12. The van der Waals surface area contributed by atoms with Crippen molar-refractivity contribution in [3.63, 3.8) is 0 Å². The monoisotopic (exact) mass is 163 g/mol. The Morgan fingerprint density at radius 1 is 1.50 bits per heavy atom. The average molecular weight is 163 g/mol. The van der Waals surface area contributed by atoms with Gasteiger partial charge in [0.2, 0.25) is 0 Å². The summed E-state index contributed by atoms with van der Waals surface area (Å²) in [5.41, 5.74) is 5.61. The zero-order valence-electron chi connectivity index (χ0n) is 6.29. The highest BCUT2D eigenvalue weighted by Gasteiger charge is 2.45. The van der Waals surface area contributed by atoms with Crippen LogP contribution in [-0.2, 0) is 9.84 Å². The Morgan fingerprint density at radius 3 is 2.10 bits per heavy atom. The molecule has 0 amide bonds. The van der Waals surface area contributed by atoms with Crippen LogP contribution in [0.5, 0.6) is 0 Å². The third-order valence-electron chi connectivity index (χ3n) is 2.39. The lowest BCUT2D eigenvalue weighted by Crippen LogP contribution is -2.42. The second-order valence-corrected chi connectivity index (χ2v) is 6.01. The van der Waals surface area contributed by atoms with Crippen LogP contribution in [-0.4, -0.2) is 25.0 Å². The largest absolute Gasteiger partial charge is 0.326 e. The summed E-state index contributed by atoms with van der Waals surface area (Å²) in [7, 11) is -2.90. The van der Waals surface area contributed by atoms with Gasteiger partial charge in [0, 0.05) is 6.04 Å². The van der Waals surface area contributed by atoms with Crippen LogP contribution in [0.15, 0.2) is 0 Å². The SMILES string of the molecule is CC1(C)[C@H](N)CCS1(=O)=O. The molecule has 0 unspecified atom stereocenters. The van der Waals surface area contributed by atoms with Crippen molar-refractivity contribution < 1.29 is 8.42 Å². The van der Waals surface area contributed by atoms with E-state index in [0.717, 1.165) is 0 Å². The van der Waals surface area contributed by atoms with E-state index in [9.17, 15) is 8.42 Å². The molecule has 1 aliphatic rings. The van der Waals surface area contributed by atoms with Gasteiger partial charge in [-0.05, 0) is 20.3 Å². The summed E-state index contributed by atoms with van der Waals surface area (Å²) in [6.07, 6.45) is 0.606. The maximum atomic E-state index is 11.2. The van der Waals surface area contributed by atoms with E-state index in [0.29, 0.717) is 6.42 Å². The van der Waals surface area contributed by atoms with Crippen LogP contribution in [0.25, 0.3) is 0 Å². The molecule has 1 fully saturated rings. The van der Waals surface area contributed by atoms with Gasteiger partial charge in [-0.2, -0.15) is 0 Å². The predicted octanol–water partition coefficient (Wildman–Crippen LogP) is -0.0892. The van der Waals surface area contributed by atoms with Crippen molar-refractivity contribution in [1.29, 1.82) is 0 Å². The summed E-state index contributed by atoms with van der Waals surface area (Å²) in [5.74, 6) is 0.251. The van der Waals surface area contributed by atoms with Gasteiger partial charge >= 0.3 is 0 Å². The first-order chi connectivity index (χ1) is 4.38. The molecule has 0 aromatic carbocycles. The summed E-state index contributed by atoms with van der Waals surface area (Å²) >= 11 is 0. The van der Waals surface area contributed by atoms with Crippen LogP contribution in [0.4, 0.5) is 0 Å². The van der Waals surface area contributed by atoms with E-state index in [4.69, 9.17) is 5.73 Å². The van der Waals surface area contributed by atoms with Crippen molar-refractivity contribution in [2.45, 2.75) is 31.1 Å². The van der Waals surface area contributed by atoms with E-state index in [2.05, 4.69) is 0 Å². The fraction of sp³-hybridized carbons (Fsp3) is 1.00. The maximum absolute atomic E-state index is 11.2. The lowest BCUT2D eigenvalue weighted by Gasteiger charge is -2.21. The smallest absolute Gasteiger partial charge is 0.157 e. The fourth-order valence-corrected chi connectivity index (χ4v) is 2.79. The summed E-state index contributed by atoms with van der Waals surface area (Å²) in [6.45, 7) is 3.39. The highest BCUT2D eigenvalue weighted by Crippen LogP contribution is 2.29. The maximum Gasteiger partial charge on any atom is 0.157 e. The molecule has 2 N–H and O–H groups in total. The Morgan fingerprint density at radius 2 is 2.00 bits per heavy atom. The molecule has 3 nitrogen and oxygen atoms in total. The number of hydrogen-bond acceptors (Lipinski definition) is 3. The highest BCUT2D eigenvalue weighted by molar-refractivity contribution is 7.93. The van der Waals surface area contributed by atoms with Crippen molar-refractivity contribution in [3.8, 4) is 0 Å². The summed E-state index contributed by atoms with van der Waals surface area (Å²) in [4.78, 5) is 0. The molecule has 0 aromatic heterocycles. The van der Waals surface area contributed by atoms with Gasteiger partial charge in [0.25, 0.3) is 0 Å². The molecule has 10 heavy (non-hydrogen) atoms. The number of sulfone groups is 1. The molecule has 0 spiro atoms. The Kier molecular flexibility index (Phi) is 1.56. The molecule has 1 saturated heterocycles. The van der Waals surface area contributed by atoms with Gasteiger partial charge in [0.15, 0.2) is 9.84 Å². The van der Waals surface area contributed by atoms with Crippen LogP contribution in [0, 0.1) is 0 Å². The number of hydrogen-bond donors (Lipinski definition) is 1. The van der Waals surface area contributed by atoms with Crippen LogP contribution < -0.4 is 5.73 Å². The molecule has 1 heterocycles. The Labute approximate surface area is 61.5 Å². The molecule has 4 heteroatoms. The van der Waals surface area contributed by atoms with Crippen molar-refractivity contribution in [2.75, 3.05) is 5.75 Å².